The van der Waals surface area contributed by atoms with Crippen molar-refractivity contribution in [3.8, 4) is 0 Å². The van der Waals surface area contributed by atoms with Gasteiger partial charge < -0.3 is 22.1 Å². The second-order valence-electron chi connectivity index (χ2n) is 31.8. The molecule has 0 aliphatic carbocycles. The standard InChI is InChI=1S/C19H21BN3O.4C18H19BN3O/c1-12-9-16(22(5)11-14(12)3)23-19-17(13(2)10-20(23)4)15-7-6-8-21-18(15)24-19;1-12-5-8-16(21(4)11-12)22-18-15(9-10-19(22)3)14-7-6-13(2)20-17(14)23-18;1-12-10-16(21(4)11-13(12)2)22-18-15(7-8-19(22)3)14-6-5-9-20-17(14)23-18;1-12-7-8-15(21(4)11-12)22-18-16(13(2)10-19(22)3)14-6-5-9-20-17(14)23-18;1-12-7-9-21(4)15(10-12)22-18-16(13(2)11-19(22)3)14-6-5-8-20-17(14)23-18/h6-11H,1-5H3;4*5-11H,1-4H3/q5*+1. The monoisotopic (exact) mass is 1530 g/mol. The zero-order chi connectivity index (χ0) is 81.6. The third-order valence-electron chi connectivity index (χ3n) is 22.9. The molecule has 5 aliphatic heterocycles. The smallest absolute Gasteiger partial charge is 0.404 e. The fourth-order valence-electron chi connectivity index (χ4n) is 16.9. The van der Waals surface area contributed by atoms with Gasteiger partial charge in [-0.3, -0.25) is 24.1 Å². The molecule has 576 valence electrons. The summed E-state index contributed by atoms with van der Waals surface area (Å²) in [6.45, 7) is 35.3. The number of hydrogen-bond donors (Lipinski definition) is 0. The Kier molecular flexibility index (Phi) is 20.5. The summed E-state index contributed by atoms with van der Waals surface area (Å²) in [4.78, 5) is 33.3. The van der Waals surface area contributed by atoms with E-state index >= 15 is 0 Å². The molecule has 0 fully saturated rings. The molecule has 116 heavy (non-hydrogen) atoms. The van der Waals surface area contributed by atoms with Crippen LogP contribution in [-0.4, -0.2) is 59.2 Å². The topological polar surface area (TPSA) is 166 Å². The van der Waals surface area contributed by atoms with E-state index in [-0.39, 0.29) is 34.2 Å². The minimum atomic E-state index is 0.214. The first-order valence-electron chi connectivity index (χ1n) is 39.8. The normalized spacial score (nSPS) is 14.0. The van der Waals surface area contributed by atoms with Crippen LogP contribution < -0.4 is 46.9 Å². The number of anilines is 10. The molecule has 25 heteroatoms. The summed E-state index contributed by atoms with van der Waals surface area (Å²) >= 11 is 0. The Balaban J connectivity index is 0.000000109. The van der Waals surface area contributed by atoms with Gasteiger partial charge in [0.2, 0.25) is 28.6 Å². The van der Waals surface area contributed by atoms with Gasteiger partial charge in [0.15, 0.2) is 0 Å². The molecule has 15 aromatic rings. The number of nitrogens with zero attached hydrogens (tertiary/aromatic N) is 15. The maximum Gasteiger partial charge on any atom is 0.406 e. The van der Waals surface area contributed by atoms with Gasteiger partial charge in [-0.25, -0.2) is 47.8 Å². The largest absolute Gasteiger partial charge is 0.406 e. The lowest BCUT2D eigenvalue weighted by Crippen LogP contribution is -2.44. The van der Waals surface area contributed by atoms with E-state index < -0.39 is 0 Å². The highest BCUT2D eigenvalue weighted by Gasteiger charge is 2.45. The van der Waals surface area contributed by atoms with Crippen molar-refractivity contribution in [2.75, 3.05) is 24.1 Å². The predicted octanol–water partition coefficient (Wildman–Crippen LogP) is 18.5. The van der Waals surface area contributed by atoms with Gasteiger partial charge in [0.1, 0.15) is 0 Å². The van der Waals surface area contributed by atoms with E-state index in [9.17, 15) is 0 Å². The summed E-state index contributed by atoms with van der Waals surface area (Å²) in [5.74, 6) is 21.2. The molecule has 0 amide bonds. The van der Waals surface area contributed by atoms with Crippen molar-refractivity contribution in [2.24, 2.45) is 35.2 Å². The Morgan fingerprint density at radius 3 is 1.08 bits per heavy atom. The molecule has 0 bridgehead atoms. The summed E-state index contributed by atoms with van der Waals surface area (Å²) < 4.78 is 41.5. The van der Waals surface area contributed by atoms with Crippen molar-refractivity contribution in [2.45, 2.75) is 110 Å². The SMILES string of the molecule is CB1C=C(C)c2c(oc3ncccc23)N1c1cc(C)c(C)c[n+]1C.CB1C=C(C)c2c(oc3ncccc23)N1c1cc(C)cc[n+]1C.CB1C=C(C)c2c(oc3ncccc23)N1c1ccc(C)c[n+]1C.CB1C=Cc2c(oc3nc(C)ccc23)N1c1ccc(C)c[n+]1C.CB1C=Cc2c(oc3ncccc23)N1c1cc(C)c(C)c[n+]1C. The summed E-state index contributed by atoms with van der Waals surface area (Å²) in [7, 11) is 10.4. The Morgan fingerprint density at radius 2 is 0.655 bits per heavy atom. The van der Waals surface area contributed by atoms with E-state index in [1.807, 2.05) is 37.3 Å². The lowest BCUT2D eigenvalue weighted by Gasteiger charge is -2.24. The summed E-state index contributed by atoms with van der Waals surface area (Å²) in [5, 5.41) is 5.34. The third-order valence-corrected chi connectivity index (χ3v) is 22.9. The van der Waals surface area contributed by atoms with Gasteiger partial charge in [-0.05, 0) is 245 Å². The van der Waals surface area contributed by atoms with Crippen LogP contribution in [0.2, 0.25) is 34.1 Å². The van der Waals surface area contributed by atoms with Crippen molar-refractivity contribution < 1.29 is 44.9 Å². The Labute approximate surface area is 679 Å². The van der Waals surface area contributed by atoms with Crippen molar-refractivity contribution in [1.82, 2.24) is 24.9 Å². The first kappa shape index (κ1) is 77.2. The number of hydrogen-bond acceptors (Lipinski definition) is 15. The lowest BCUT2D eigenvalue weighted by molar-refractivity contribution is -0.658. The van der Waals surface area contributed by atoms with Gasteiger partial charge in [0, 0.05) is 60.8 Å². The number of allylic oxidation sites excluding steroid dienone is 3. The molecule has 0 unspecified atom stereocenters. The van der Waals surface area contributed by atoms with Crippen molar-refractivity contribution >= 4 is 177 Å². The number of aryl methyl sites for hydroxylation is 13. The molecule has 0 spiro atoms. The van der Waals surface area contributed by atoms with Gasteiger partial charge in [0.05, 0.1) is 121 Å². The maximum atomic E-state index is 6.18. The fourth-order valence-corrected chi connectivity index (χ4v) is 16.9. The van der Waals surface area contributed by atoms with E-state index in [1.165, 1.54) is 55.7 Å². The molecular formula is C91H97B5N15O5+5. The molecule has 20 rings (SSSR count). The highest BCUT2D eigenvalue weighted by molar-refractivity contribution is 6.72. The van der Waals surface area contributed by atoms with E-state index in [2.05, 4.69) is 362 Å². The summed E-state index contributed by atoms with van der Waals surface area (Å²) in [5.41, 5.74) is 22.6. The van der Waals surface area contributed by atoms with Gasteiger partial charge in [-0.1, -0.05) is 42.0 Å². The fraction of sp³-hybridized carbons (Fsp3) is 0.231. The van der Waals surface area contributed by atoms with Gasteiger partial charge in [-0.2, -0.15) is 0 Å². The minimum absolute atomic E-state index is 0.214. The molecule has 0 atom stereocenters. The van der Waals surface area contributed by atoms with Crippen LogP contribution in [0.15, 0.2) is 217 Å². The lowest BCUT2D eigenvalue weighted by atomic mass is 9.59. The van der Waals surface area contributed by atoms with Crippen LogP contribution >= 0.6 is 0 Å². The predicted molar refractivity (Wildman–Crippen MR) is 474 cm³/mol. The first-order valence-corrected chi connectivity index (χ1v) is 39.8. The van der Waals surface area contributed by atoms with Crippen LogP contribution in [-0.2, 0) is 35.2 Å². The van der Waals surface area contributed by atoms with Crippen molar-refractivity contribution in [3.05, 3.63) is 267 Å². The number of furan rings is 5. The first-order chi connectivity index (χ1) is 55.7. The molecule has 0 saturated heterocycles. The van der Waals surface area contributed by atoms with E-state index in [1.54, 1.807) is 24.8 Å². The molecule has 0 N–H and O–H groups in total. The molecule has 5 aliphatic rings. The molecule has 0 aromatic carbocycles. The Hall–Kier alpha value is -12.8. The summed E-state index contributed by atoms with van der Waals surface area (Å²) in [6.07, 6.45) is 22.1. The van der Waals surface area contributed by atoms with Gasteiger partial charge >= 0.3 is 34.2 Å². The molecular weight excluding hydrogens is 1440 g/mol. The van der Waals surface area contributed by atoms with Crippen molar-refractivity contribution in [3.63, 3.8) is 0 Å². The average Bonchev–Trinajstić information content (AvgIpc) is 1.57. The molecule has 15 aromatic heterocycles. The Morgan fingerprint density at radius 1 is 0.310 bits per heavy atom. The number of fused-ring (bicyclic) bond motifs is 15. The molecule has 20 nitrogen and oxygen atoms in total. The van der Waals surface area contributed by atoms with Gasteiger partial charge in [-0.15, -0.1) is 0 Å². The molecule has 0 saturated carbocycles. The van der Waals surface area contributed by atoms with E-state index in [4.69, 9.17) is 22.1 Å². The zero-order valence-electron chi connectivity index (χ0n) is 70.3. The summed E-state index contributed by atoms with van der Waals surface area (Å²) in [6, 6.07) is 37.5. The van der Waals surface area contributed by atoms with Crippen LogP contribution in [0.25, 0.3) is 84.4 Å². The van der Waals surface area contributed by atoms with Crippen LogP contribution in [0.5, 0.6) is 0 Å². The minimum Gasteiger partial charge on any atom is -0.404 e. The van der Waals surface area contributed by atoms with E-state index in [0.717, 1.165) is 119 Å². The van der Waals surface area contributed by atoms with Crippen LogP contribution in [0.3, 0.4) is 0 Å². The number of rotatable bonds is 5. The average molecular weight is 1530 g/mol. The van der Waals surface area contributed by atoms with E-state index in [0.29, 0.717) is 28.6 Å². The second kappa shape index (κ2) is 30.9. The molecule has 0 radical (unpaired) electrons. The Bertz CT molecular complexity index is 6590. The van der Waals surface area contributed by atoms with Gasteiger partial charge in [0.25, 0.3) is 58.5 Å². The zero-order valence-corrected chi connectivity index (χ0v) is 70.3. The number of pyridine rings is 10. The van der Waals surface area contributed by atoms with Crippen LogP contribution in [0.1, 0.15) is 93.2 Å². The second-order valence-corrected chi connectivity index (χ2v) is 31.8. The number of aromatic nitrogens is 10. The molecule has 20 heterocycles. The third kappa shape index (κ3) is 14.0. The maximum absolute atomic E-state index is 6.18. The van der Waals surface area contributed by atoms with Crippen LogP contribution in [0, 0.1) is 55.4 Å². The van der Waals surface area contributed by atoms with Crippen molar-refractivity contribution in [1.29, 1.82) is 0 Å². The quantitative estimate of drug-likeness (QED) is 0.118. The highest BCUT2D eigenvalue weighted by Crippen LogP contribution is 2.48. The van der Waals surface area contributed by atoms with Crippen LogP contribution in [0.4, 0.5) is 58.5 Å². The highest BCUT2D eigenvalue weighted by atomic mass is 16.4.